The smallest absolute Gasteiger partial charge is 0.330 e. The van der Waals surface area contributed by atoms with Crippen molar-refractivity contribution in [2.24, 2.45) is 17.3 Å². The van der Waals surface area contributed by atoms with E-state index in [4.69, 9.17) is 9.47 Å². The first kappa shape index (κ1) is 28.7. The van der Waals surface area contributed by atoms with E-state index in [1.165, 1.54) is 108 Å². The van der Waals surface area contributed by atoms with Crippen LogP contribution in [0.3, 0.4) is 0 Å². The van der Waals surface area contributed by atoms with Crippen LogP contribution in [0.2, 0.25) is 0 Å². The van der Waals surface area contributed by atoms with Gasteiger partial charge in [-0.25, -0.2) is 9.59 Å². The fourth-order valence-electron chi connectivity index (χ4n) is 6.38. The minimum absolute atomic E-state index is 0.154. The van der Waals surface area contributed by atoms with Crippen molar-refractivity contribution in [3.8, 4) is 0 Å². The Morgan fingerprint density at radius 3 is 1.62 bits per heavy atom. The molecule has 0 heterocycles. The molecule has 4 nitrogen and oxygen atoms in total. The summed E-state index contributed by atoms with van der Waals surface area (Å²) < 4.78 is 11.6. The summed E-state index contributed by atoms with van der Waals surface area (Å²) in [5.41, 5.74) is -0.154. The van der Waals surface area contributed by atoms with Gasteiger partial charge in [-0.1, -0.05) is 109 Å². The molecule has 2 aliphatic rings. The van der Waals surface area contributed by atoms with Crippen LogP contribution < -0.4 is 0 Å². The average Bonchev–Trinajstić information content (AvgIpc) is 2.95. The van der Waals surface area contributed by atoms with Crippen molar-refractivity contribution in [1.29, 1.82) is 0 Å². The summed E-state index contributed by atoms with van der Waals surface area (Å²) in [5.74, 6) is -0.0143. The van der Waals surface area contributed by atoms with E-state index in [1.54, 1.807) is 0 Å². The number of ether oxygens (including phenoxy) is 2. The van der Waals surface area contributed by atoms with Gasteiger partial charge in [0.1, 0.15) is 0 Å². The lowest BCUT2D eigenvalue weighted by Crippen LogP contribution is -2.45. The minimum atomic E-state index is -0.353. The summed E-state index contributed by atoms with van der Waals surface area (Å²) in [4.78, 5) is 24.3. The molecule has 0 aromatic carbocycles. The van der Waals surface area contributed by atoms with Crippen molar-refractivity contribution in [3.05, 3.63) is 25.3 Å². The summed E-state index contributed by atoms with van der Waals surface area (Å²) in [6.45, 7) is 8.03. The Kier molecular flexibility index (Phi) is 14.3. The number of esters is 2. The van der Waals surface area contributed by atoms with Gasteiger partial charge in [0.05, 0.1) is 13.2 Å². The van der Waals surface area contributed by atoms with Crippen LogP contribution in [0.1, 0.15) is 122 Å². The molecule has 2 saturated carbocycles. The third-order valence-corrected chi connectivity index (χ3v) is 8.42. The minimum Gasteiger partial charge on any atom is -0.462 e. The van der Waals surface area contributed by atoms with E-state index in [0.717, 1.165) is 25.7 Å². The van der Waals surface area contributed by atoms with Gasteiger partial charge >= 0.3 is 11.9 Å². The van der Waals surface area contributed by atoms with E-state index in [9.17, 15) is 9.59 Å². The molecule has 0 N–H and O–H groups in total. The zero-order valence-electron chi connectivity index (χ0n) is 21.7. The van der Waals surface area contributed by atoms with Crippen LogP contribution in [0, 0.1) is 17.3 Å². The summed E-state index contributed by atoms with van der Waals surface area (Å²) in [5, 5.41) is 0. The van der Waals surface area contributed by atoms with Gasteiger partial charge in [-0.3, -0.25) is 0 Å². The molecular weight excluding hydrogens is 424 g/mol. The molecule has 194 valence electrons. The molecule has 2 rings (SSSR count). The van der Waals surface area contributed by atoms with Crippen LogP contribution >= 0.6 is 0 Å². The average molecular weight is 475 g/mol. The molecular formula is C30H50O4. The maximum atomic E-state index is 12.3. The number of hydrogen-bond donors (Lipinski definition) is 0. The fraction of sp³-hybridized carbons (Fsp3) is 0.800. The van der Waals surface area contributed by atoms with Crippen molar-refractivity contribution in [1.82, 2.24) is 0 Å². The lowest BCUT2D eigenvalue weighted by Gasteiger charge is -2.47. The van der Waals surface area contributed by atoms with Gasteiger partial charge in [0.15, 0.2) is 0 Å². The quantitative estimate of drug-likeness (QED) is 0.276. The highest BCUT2D eigenvalue weighted by Crippen LogP contribution is 2.49. The largest absolute Gasteiger partial charge is 0.462 e. The van der Waals surface area contributed by atoms with Gasteiger partial charge in [0, 0.05) is 23.5 Å². The van der Waals surface area contributed by atoms with Gasteiger partial charge in [-0.05, 0) is 31.6 Å². The summed E-state index contributed by atoms with van der Waals surface area (Å²) in [6, 6.07) is 0. The molecule has 0 aromatic rings. The van der Waals surface area contributed by atoms with Crippen molar-refractivity contribution in [3.63, 3.8) is 0 Å². The molecule has 0 amide bonds. The van der Waals surface area contributed by atoms with Crippen LogP contribution in [0.15, 0.2) is 25.3 Å². The topological polar surface area (TPSA) is 52.6 Å². The Balaban J connectivity index is 2.40. The number of rotatable bonds is 7. The molecule has 2 fully saturated rings. The second kappa shape index (κ2) is 16.9. The highest BCUT2D eigenvalue weighted by Gasteiger charge is 2.45. The maximum absolute atomic E-state index is 12.3. The molecule has 0 spiro atoms. The third-order valence-electron chi connectivity index (χ3n) is 8.42. The van der Waals surface area contributed by atoms with Gasteiger partial charge in [0.25, 0.3) is 0 Å². The zero-order valence-corrected chi connectivity index (χ0v) is 21.7. The van der Waals surface area contributed by atoms with E-state index >= 15 is 0 Å². The van der Waals surface area contributed by atoms with Crippen LogP contribution in [0.25, 0.3) is 0 Å². The van der Waals surface area contributed by atoms with Crippen LogP contribution in [0.5, 0.6) is 0 Å². The second-order valence-electron chi connectivity index (χ2n) is 10.7. The van der Waals surface area contributed by atoms with E-state index in [2.05, 4.69) is 13.2 Å². The first-order valence-corrected chi connectivity index (χ1v) is 14.2. The lowest BCUT2D eigenvalue weighted by atomic mass is 9.60. The Morgan fingerprint density at radius 1 is 0.647 bits per heavy atom. The van der Waals surface area contributed by atoms with E-state index in [-0.39, 0.29) is 23.3 Å². The zero-order chi connectivity index (χ0) is 24.5. The lowest BCUT2D eigenvalue weighted by molar-refractivity contribution is -0.152. The van der Waals surface area contributed by atoms with Crippen LogP contribution in [-0.4, -0.2) is 25.2 Å². The number of carbonyl (C=O) groups excluding carboxylic acids is 2. The highest BCUT2D eigenvalue weighted by atomic mass is 16.5. The van der Waals surface area contributed by atoms with E-state index in [0.29, 0.717) is 19.1 Å². The van der Waals surface area contributed by atoms with E-state index < -0.39 is 0 Å². The molecule has 4 heteroatoms. The van der Waals surface area contributed by atoms with Gasteiger partial charge < -0.3 is 9.47 Å². The van der Waals surface area contributed by atoms with Gasteiger partial charge in [-0.2, -0.15) is 0 Å². The maximum Gasteiger partial charge on any atom is 0.330 e. The Bertz CT molecular complexity index is 601. The van der Waals surface area contributed by atoms with E-state index in [1.807, 2.05) is 0 Å². The molecule has 0 bridgehead atoms. The standard InChI is InChI=1S/C30H50O4/c1-3-28(31)33-24-27-22-18-14-10-7-11-15-19-23-30(27,25-34-29(32)4-2)26-20-16-12-8-5-6-9-13-17-21-26/h3-4,26-27H,1-2,5-25H2. The van der Waals surface area contributed by atoms with Crippen LogP contribution in [-0.2, 0) is 19.1 Å². The van der Waals surface area contributed by atoms with Gasteiger partial charge in [-0.15, -0.1) is 0 Å². The van der Waals surface area contributed by atoms with Crippen molar-refractivity contribution >= 4 is 11.9 Å². The monoisotopic (exact) mass is 474 g/mol. The first-order valence-electron chi connectivity index (χ1n) is 14.2. The molecule has 34 heavy (non-hydrogen) atoms. The molecule has 0 aliphatic heterocycles. The molecule has 0 aromatic heterocycles. The molecule has 2 atom stereocenters. The number of hydrogen-bond acceptors (Lipinski definition) is 4. The molecule has 2 aliphatic carbocycles. The fourth-order valence-corrected chi connectivity index (χ4v) is 6.38. The molecule has 0 saturated heterocycles. The Labute approximate surface area is 208 Å². The predicted molar refractivity (Wildman–Crippen MR) is 139 cm³/mol. The van der Waals surface area contributed by atoms with Crippen LogP contribution in [0.4, 0.5) is 0 Å². The summed E-state index contributed by atoms with van der Waals surface area (Å²) in [6.07, 6.45) is 26.0. The summed E-state index contributed by atoms with van der Waals surface area (Å²) >= 11 is 0. The first-order chi connectivity index (χ1) is 16.6. The van der Waals surface area contributed by atoms with Crippen molar-refractivity contribution in [2.45, 2.75) is 122 Å². The van der Waals surface area contributed by atoms with Gasteiger partial charge in [0.2, 0.25) is 0 Å². The SMILES string of the molecule is C=CC(=O)OCC1CCCCCCCCCC1(COC(=O)C=C)C1CCCCCCCCCC1. The number of carbonyl (C=O) groups is 2. The highest BCUT2D eigenvalue weighted by molar-refractivity contribution is 5.81. The molecule has 0 radical (unpaired) electrons. The Hall–Kier alpha value is -1.58. The predicted octanol–water partition coefficient (Wildman–Crippen LogP) is 8.10. The van der Waals surface area contributed by atoms with Crippen molar-refractivity contribution in [2.75, 3.05) is 13.2 Å². The molecule has 2 unspecified atom stereocenters. The Morgan fingerprint density at radius 2 is 1.09 bits per heavy atom. The summed E-state index contributed by atoms with van der Waals surface area (Å²) in [7, 11) is 0. The second-order valence-corrected chi connectivity index (χ2v) is 10.7. The normalized spacial score (nSPS) is 26.8. The third kappa shape index (κ3) is 9.96. The van der Waals surface area contributed by atoms with Crippen molar-refractivity contribution < 1.29 is 19.1 Å².